The third kappa shape index (κ3) is 2.85. The van der Waals surface area contributed by atoms with Gasteiger partial charge in [-0.2, -0.15) is 0 Å². The van der Waals surface area contributed by atoms with Crippen LogP contribution in [0, 0.1) is 0 Å². The number of rotatable bonds is 5. The number of hydrogen-bond acceptors (Lipinski definition) is 7. The summed E-state index contributed by atoms with van der Waals surface area (Å²) in [5.74, 6) is -0.112. The van der Waals surface area contributed by atoms with Crippen molar-refractivity contribution in [3.63, 3.8) is 0 Å². The summed E-state index contributed by atoms with van der Waals surface area (Å²) in [5, 5.41) is 6.51. The Labute approximate surface area is 148 Å². The lowest BCUT2D eigenvalue weighted by molar-refractivity contribution is -0.149. The first-order valence-electron chi connectivity index (χ1n) is 8.37. The largest absolute Gasteiger partial charge is 0.461 e. The van der Waals surface area contributed by atoms with E-state index in [1.54, 1.807) is 18.2 Å². The lowest BCUT2D eigenvalue weighted by Gasteiger charge is -2.19. The first kappa shape index (κ1) is 16.4. The maximum absolute atomic E-state index is 12.5. The van der Waals surface area contributed by atoms with Crippen molar-refractivity contribution in [3.05, 3.63) is 30.2 Å². The molecule has 1 aliphatic heterocycles. The van der Waals surface area contributed by atoms with Crippen LogP contribution in [0.5, 0.6) is 0 Å². The van der Waals surface area contributed by atoms with Gasteiger partial charge in [0.15, 0.2) is 5.76 Å². The number of aromatic nitrogens is 1. The summed E-state index contributed by atoms with van der Waals surface area (Å²) in [6.45, 7) is -0.548. The van der Waals surface area contributed by atoms with E-state index in [2.05, 4.69) is 10.5 Å². The number of hydrogen-bond donors (Lipinski definition) is 1. The van der Waals surface area contributed by atoms with E-state index in [-0.39, 0.29) is 12.5 Å². The summed E-state index contributed by atoms with van der Waals surface area (Å²) in [4.78, 5) is 37.5. The summed E-state index contributed by atoms with van der Waals surface area (Å²) >= 11 is 0. The third-order valence-corrected chi connectivity index (χ3v) is 4.69. The van der Waals surface area contributed by atoms with Crippen molar-refractivity contribution in [3.8, 4) is 11.5 Å². The molecule has 0 atom stereocenters. The standard InChI is InChI=1S/C17H17N3O6/c21-14(9-20-15(22)17(18-16(20)23)5-1-2-6-17)25-10-11-8-13(26-19-11)12-4-3-7-24-12/h3-4,7-8H,1-2,5-6,9-10H2,(H,18,23). The molecule has 1 spiro atoms. The fourth-order valence-electron chi connectivity index (χ4n) is 3.38. The molecule has 3 heterocycles. The summed E-state index contributed by atoms with van der Waals surface area (Å²) in [5.41, 5.74) is -0.435. The summed E-state index contributed by atoms with van der Waals surface area (Å²) in [6, 6.07) is 4.47. The highest BCUT2D eigenvalue weighted by Crippen LogP contribution is 2.34. The van der Waals surface area contributed by atoms with Crippen LogP contribution in [0.1, 0.15) is 31.4 Å². The minimum absolute atomic E-state index is 0.127. The number of ether oxygens (including phenoxy) is 1. The Morgan fingerprint density at radius 1 is 1.31 bits per heavy atom. The van der Waals surface area contributed by atoms with Gasteiger partial charge in [0.25, 0.3) is 5.91 Å². The molecule has 1 N–H and O–H groups in total. The average molecular weight is 359 g/mol. The van der Waals surface area contributed by atoms with E-state index in [4.69, 9.17) is 13.7 Å². The van der Waals surface area contributed by atoms with Gasteiger partial charge in [-0.3, -0.25) is 14.5 Å². The number of esters is 1. The van der Waals surface area contributed by atoms with Gasteiger partial charge in [-0.15, -0.1) is 0 Å². The Balaban J connectivity index is 1.33. The number of nitrogens with zero attached hydrogens (tertiary/aromatic N) is 2. The molecule has 1 saturated carbocycles. The number of amides is 3. The first-order valence-corrected chi connectivity index (χ1v) is 8.37. The number of urea groups is 1. The van der Waals surface area contributed by atoms with E-state index in [9.17, 15) is 14.4 Å². The molecule has 0 unspecified atom stereocenters. The van der Waals surface area contributed by atoms with Gasteiger partial charge in [-0.25, -0.2) is 4.79 Å². The average Bonchev–Trinajstić information content (AvgIpc) is 3.40. The predicted octanol–water partition coefficient (Wildman–Crippen LogP) is 1.84. The molecule has 136 valence electrons. The topological polar surface area (TPSA) is 115 Å². The van der Waals surface area contributed by atoms with Gasteiger partial charge in [0.2, 0.25) is 5.76 Å². The van der Waals surface area contributed by atoms with E-state index in [0.29, 0.717) is 30.1 Å². The molecular formula is C17H17N3O6. The lowest BCUT2D eigenvalue weighted by atomic mass is 9.98. The third-order valence-electron chi connectivity index (χ3n) is 4.69. The van der Waals surface area contributed by atoms with Crippen molar-refractivity contribution in [2.24, 2.45) is 0 Å². The number of furan rings is 1. The highest BCUT2D eigenvalue weighted by Gasteiger charge is 2.52. The molecule has 26 heavy (non-hydrogen) atoms. The number of carbonyl (C=O) groups is 3. The van der Waals surface area contributed by atoms with Gasteiger partial charge in [0, 0.05) is 6.07 Å². The lowest BCUT2D eigenvalue weighted by Crippen LogP contribution is -2.44. The van der Waals surface area contributed by atoms with E-state index < -0.39 is 24.1 Å². The van der Waals surface area contributed by atoms with Crippen LogP contribution in [0.3, 0.4) is 0 Å². The molecule has 9 nitrogen and oxygen atoms in total. The molecule has 2 aliphatic rings. The van der Waals surface area contributed by atoms with Crippen LogP contribution >= 0.6 is 0 Å². The molecule has 1 saturated heterocycles. The Kier molecular flexibility index (Phi) is 3.98. The minimum atomic E-state index is -0.832. The van der Waals surface area contributed by atoms with Gasteiger partial charge < -0.3 is 19.0 Å². The SMILES string of the molecule is O=C(CN1C(=O)NC2(CCCC2)C1=O)OCc1cc(-c2ccco2)on1. The molecule has 0 bridgehead atoms. The van der Waals surface area contributed by atoms with Gasteiger partial charge in [0.1, 0.15) is 24.4 Å². The van der Waals surface area contributed by atoms with Crippen molar-refractivity contribution in [2.45, 2.75) is 37.8 Å². The second-order valence-electron chi connectivity index (χ2n) is 6.43. The van der Waals surface area contributed by atoms with E-state index >= 15 is 0 Å². The zero-order chi connectivity index (χ0) is 18.1. The molecule has 0 radical (unpaired) electrons. The van der Waals surface area contributed by atoms with Gasteiger partial charge in [-0.1, -0.05) is 18.0 Å². The number of imide groups is 1. The van der Waals surface area contributed by atoms with Gasteiger partial charge in [-0.05, 0) is 25.0 Å². The van der Waals surface area contributed by atoms with Crippen LogP contribution in [-0.2, 0) is 20.9 Å². The highest BCUT2D eigenvalue weighted by molar-refractivity contribution is 6.08. The fraction of sp³-hybridized carbons (Fsp3) is 0.412. The van der Waals surface area contributed by atoms with Crippen LogP contribution in [0.25, 0.3) is 11.5 Å². The summed E-state index contributed by atoms with van der Waals surface area (Å²) < 4.78 is 15.4. The van der Waals surface area contributed by atoms with Crippen molar-refractivity contribution < 1.29 is 28.1 Å². The predicted molar refractivity (Wildman–Crippen MR) is 85.4 cm³/mol. The van der Waals surface area contributed by atoms with E-state index in [0.717, 1.165) is 17.7 Å². The smallest absolute Gasteiger partial charge is 0.326 e. The maximum atomic E-state index is 12.5. The molecule has 2 fully saturated rings. The second-order valence-corrected chi connectivity index (χ2v) is 6.43. The highest BCUT2D eigenvalue weighted by atomic mass is 16.5. The summed E-state index contributed by atoms with van der Waals surface area (Å²) in [7, 11) is 0. The Bertz CT molecular complexity index is 835. The van der Waals surface area contributed by atoms with Crippen LogP contribution in [0.4, 0.5) is 4.79 Å². The molecule has 4 rings (SSSR count). The Morgan fingerprint density at radius 2 is 2.12 bits per heavy atom. The van der Waals surface area contributed by atoms with Crippen molar-refractivity contribution in [1.82, 2.24) is 15.4 Å². The van der Waals surface area contributed by atoms with Crippen LogP contribution in [-0.4, -0.2) is 40.0 Å². The molecule has 3 amide bonds. The van der Waals surface area contributed by atoms with Gasteiger partial charge in [0.05, 0.1) is 6.26 Å². The van der Waals surface area contributed by atoms with Crippen LogP contribution in [0.2, 0.25) is 0 Å². The van der Waals surface area contributed by atoms with E-state index in [1.165, 1.54) is 6.26 Å². The maximum Gasteiger partial charge on any atom is 0.326 e. The molecule has 2 aromatic rings. The quantitative estimate of drug-likeness (QED) is 0.640. The molecule has 9 heteroatoms. The number of carbonyl (C=O) groups excluding carboxylic acids is 3. The monoisotopic (exact) mass is 359 g/mol. The van der Waals surface area contributed by atoms with Crippen molar-refractivity contribution in [2.75, 3.05) is 6.54 Å². The van der Waals surface area contributed by atoms with Crippen molar-refractivity contribution in [1.29, 1.82) is 0 Å². The number of nitrogens with one attached hydrogen (secondary N) is 1. The fourth-order valence-corrected chi connectivity index (χ4v) is 3.38. The van der Waals surface area contributed by atoms with Crippen LogP contribution < -0.4 is 5.32 Å². The first-order chi connectivity index (χ1) is 12.6. The minimum Gasteiger partial charge on any atom is -0.461 e. The van der Waals surface area contributed by atoms with Crippen LogP contribution in [0.15, 0.2) is 33.4 Å². The zero-order valence-electron chi connectivity index (χ0n) is 13.9. The van der Waals surface area contributed by atoms with E-state index in [1.807, 2.05) is 0 Å². The molecule has 0 aromatic carbocycles. The normalized spacial score (nSPS) is 18.5. The summed E-state index contributed by atoms with van der Waals surface area (Å²) in [6.07, 6.45) is 4.49. The molecule has 1 aliphatic carbocycles. The zero-order valence-corrected chi connectivity index (χ0v) is 13.9. The Hall–Kier alpha value is -3.10. The van der Waals surface area contributed by atoms with Crippen molar-refractivity contribution >= 4 is 17.9 Å². The Morgan fingerprint density at radius 3 is 2.85 bits per heavy atom. The van der Waals surface area contributed by atoms with Gasteiger partial charge >= 0.3 is 12.0 Å². The molecular weight excluding hydrogens is 342 g/mol. The second kappa shape index (κ2) is 6.32. The molecule has 2 aromatic heterocycles.